The van der Waals surface area contributed by atoms with Crippen LogP contribution in [0.15, 0.2) is 49.1 Å². The molecule has 0 atom stereocenters. The topological polar surface area (TPSA) is 97.6 Å². The van der Waals surface area contributed by atoms with Crippen molar-refractivity contribution < 1.29 is 4.79 Å². The van der Waals surface area contributed by atoms with Crippen molar-refractivity contribution in [1.82, 2.24) is 20.2 Å². The summed E-state index contributed by atoms with van der Waals surface area (Å²) in [4.78, 5) is 19.4. The van der Waals surface area contributed by atoms with Crippen LogP contribution in [0.3, 0.4) is 0 Å². The number of pyridine rings is 1. The molecule has 0 spiro atoms. The Balaban J connectivity index is 2.05. The second kappa shape index (κ2) is 5.54. The van der Waals surface area contributed by atoms with Gasteiger partial charge in [0, 0.05) is 18.0 Å². The highest BCUT2D eigenvalue weighted by Crippen LogP contribution is 2.26. The summed E-state index contributed by atoms with van der Waals surface area (Å²) in [6, 6.07) is 9.71. The van der Waals surface area contributed by atoms with E-state index < -0.39 is 0 Å². The Morgan fingerprint density at radius 1 is 1.24 bits per heavy atom. The van der Waals surface area contributed by atoms with Crippen molar-refractivity contribution in [2.24, 2.45) is 5.73 Å². The minimum Gasteiger partial charge on any atom is -0.369 e. The molecule has 21 heavy (non-hydrogen) atoms. The SMILES string of the molecule is NC(=O)Cc1cnccc1-c1cccc(-c2ncn[nH]2)c1. The quantitative estimate of drug-likeness (QED) is 0.757. The van der Waals surface area contributed by atoms with Crippen LogP contribution in [0.5, 0.6) is 0 Å². The van der Waals surface area contributed by atoms with E-state index in [1.54, 1.807) is 12.4 Å². The number of primary amides is 1. The van der Waals surface area contributed by atoms with Crippen LogP contribution in [0.1, 0.15) is 5.56 Å². The first-order valence-electron chi connectivity index (χ1n) is 6.41. The summed E-state index contributed by atoms with van der Waals surface area (Å²) in [5.74, 6) is 0.318. The fourth-order valence-corrected chi connectivity index (χ4v) is 2.22. The summed E-state index contributed by atoms with van der Waals surface area (Å²) in [6.45, 7) is 0. The standard InChI is InChI=1S/C15H13N5O/c16-14(21)7-12-8-17-5-4-13(12)10-2-1-3-11(6-10)15-18-9-19-20-15/h1-6,8-9H,7H2,(H2,16,21)(H,18,19,20). The maximum absolute atomic E-state index is 11.2. The number of rotatable bonds is 4. The number of carbonyl (C=O) groups is 1. The summed E-state index contributed by atoms with van der Waals surface area (Å²) in [7, 11) is 0. The van der Waals surface area contributed by atoms with Gasteiger partial charge in [0.15, 0.2) is 5.82 Å². The highest BCUT2D eigenvalue weighted by molar-refractivity contribution is 5.81. The number of nitrogens with zero attached hydrogens (tertiary/aromatic N) is 3. The summed E-state index contributed by atoms with van der Waals surface area (Å²) in [5, 5.41) is 6.68. The van der Waals surface area contributed by atoms with Crippen molar-refractivity contribution in [1.29, 1.82) is 0 Å². The maximum Gasteiger partial charge on any atom is 0.221 e. The van der Waals surface area contributed by atoms with Crippen molar-refractivity contribution in [2.75, 3.05) is 0 Å². The van der Waals surface area contributed by atoms with E-state index in [9.17, 15) is 4.79 Å². The molecule has 3 aromatic rings. The number of aromatic amines is 1. The lowest BCUT2D eigenvalue weighted by Crippen LogP contribution is -2.14. The molecule has 6 heteroatoms. The van der Waals surface area contributed by atoms with Crippen molar-refractivity contribution in [3.05, 3.63) is 54.6 Å². The molecule has 3 N–H and O–H groups in total. The molecular weight excluding hydrogens is 266 g/mol. The first-order chi connectivity index (χ1) is 10.2. The number of amides is 1. The molecular formula is C15H13N5O. The van der Waals surface area contributed by atoms with E-state index >= 15 is 0 Å². The molecule has 0 saturated heterocycles. The molecule has 0 unspecified atom stereocenters. The number of carbonyl (C=O) groups excluding carboxylic acids is 1. The molecule has 104 valence electrons. The summed E-state index contributed by atoms with van der Waals surface area (Å²) in [6.07, 6.45) is 4.99. The zero-order chi connectivity index (χ0) is 14.7. The number of benzene rings is 1. The monoisotopic (exact) mass is 279 g/mol. The molecule has 2 aromatic heterocycles. The summed E-state index contributed by atoms with van der Waals surface area (Å²) in [5.41, 5.74) is 8.93. The van der Waals surface area contributed by atoms with Crippen LogP contribution in [0.2, 0.25) is 0 Å². The number of aromatic nitrogens is 4. The second-order valence-electron chi connectivity index (χ2n) is 4.59. The van der Waals surface area contributed by atoms with E-state index in [1.165, 1.54) is 6.33 Å². The largest absolute Gasteiger partial charge is 0.369 e. The van der Waals surface area contributed by atoms with E-state index in [1.807, 2.05) is 30.3 Å². The molecule has 0 fully saturated rings. The Morgan fingerprint density at radius 3 is 2.86 bits per heavy atom. The van der Waals surface area contributed by atoms with Gasteiger partial charge in [-0.3, -0.25) is 14.9 Å². The second-order valence-corrected chi connectivity index (χ2v) is 4.59. The predicted molar refractivity (Wildman–Crippen MR) is 77.9 cm³/mol. The molecule has 2 heterocycles. The molecule has 0 aliphatic carbocycles. The first kappa shape index (κ1) is 13.0. The van der Waals surface area contributed by atoms with Gasteiger partial charge in [0.1, 0.15) is 6.33 Å². The van der Waals surface area contributed by atoms with E-state index in [4.69, 9.17) is 5.73 Å². The summed E-state index contributed by atoms with van der Waals surface area (Å²) < 4.78 is 0. The van der Waals surface area contributed by atoms with Gasteiger partial charge < -0.3 is 5.73 Å². The lowest BCUT2D eigenvalue weighted by Gasteiger charge is -2.08. The smallest absolute Gasteiger partial charge is 0.221 e. The maximum atomic E-state index is 11.2. The van der Waals surface area contributed by atoms with Gasteiger partial charge in [-0.25, -0.2) is 4.98 Å². The Morgan fingerprint density at radius 2 is 2.10 bits per heavy atom. The van der Waals surface area contributed by atoms with Crippen molar-refractivity contribution in [3.8, 4) is 22.5 Å². The third-order valence-electron chi connectivity index (χ3n) is 3.13. The molecule has 0 aliphatic heterocycles. The molecule has 0 aliphatic rings. The van der Waals surface area contributed by atoms with Gasteiger partial charge in [0.05, 0.1) is 6.42 Å². The van der Waals surface area contributed by atoms with Crippen molar-refractivity contribution in [2.45, 2.75) is 6.42 Å². The Kier molecular flexibility index (Phi) is 3.42. The molecule has 0 saturated carbocycles. The Labute approximate surface area is 121 Å². The first-order valence-corrected chi connectivity index (χ1v) is 6.41. The van der Waals surface area contributed by atoms with Gasteiger partial charge >= 0.3 is 0 Å². The van der Waals surface area contributed by atoms with E-state index in [2.05, 4.69) is 20.2 Å². The van der Waals surface area contributed by atoms with Gasteiger partial charge in [0.25, 0.3) is 0 Å². The Hall–Kier alpha value is -3.02. The molecule has 1 aromatic carbocycles. The third-order valence-corrected chi connectivity index (χ3v) is 3.13. The average Bonchev–Trinajstić information content (AvgIpc) is 3.02. The third kappa shape index (κ3) is 2.79. The zero-order valence-corrected chi connectivity index (χ0v) is 11.2. The lowest BCUT2D eigenvalue weighted by molar-refractivity contribution is -0.117. The van der Waals surface area contributed by atoms with E-state index in [0.29, 0.717) is 5.82 Å². The molecule has 0 bridgehead atoms. The number of nitrogens with two attached hydrogens (primary N) is 1. The van der Waals surface area contributed by atoms with Crippen LogP contribution < -0.4 is 5.73 Å². The van der Waals surface area contributed by atoms with Gasteiger partial charge in [-0.05, 0) is 28.8 Å². The Bertz CT molecular complexity index is 767. The van der Waals surface area contributed by atoms with Crippen LogP contribution in [0.4, 0.5) is 0 Å². The normalized spacial score (nSPS) is 10.5. The fraction of sp³-hybridized carbons (Fsp3) is 0.0667. The van der Waals surface area contributed by atoms with Crippen molar-refractivity contribution in [3.63, 3.8) is 0 Å². The molecule has 6 nitrogen and oxygen atoms in total. The number of hydrogen-bond acceptors (Lipinski definition) is 4. The lowest BCUT2D eigenvalue weighted by atomic mass is 9.98. The van der Waals surface area contributed by atoms with E-state index in [-0.39, 0.29) is 12.3 Å². The zero-order valence-electron chi connectivity index (χ0n) is 11.2. The van der Waals surface area contributed by atoms with Gasteiger partial charge in [-0.1, -0.05) is 18.2 Å². The summed E-state index contributed by atoms with van der Waals surface area (Å²) >= 11 is 0. The van der Waals surface area contributed by atoms with Gasteiger partial charge in [-0.2, -0.15) is 5.10 Å². The van der Waals surface area contributed by atoms with Crippen LogP contribution in [0, 0.1) is 0 Å². The highest BCUT2D eigenvalue weighted by atomic mass is 16.1. The number of nitrogens with one attached hydrogen (secondary N) is 1. The molecule has 3 rings (SSSR count). The van der Waals surface area contributed by atoms with Crippen LogP contribution in [-0.2, 0) is 11.2 Å². The average molecular weight is 279 g/mol. The van der Waals surface area contributed by atoms with E-state index in [0.717, 1.165) is 22.3 Å². The van der Waals surface area contributed by atoms with Crippen molar-refractivity contribution >= 4 is 5.91 Å². The van der Waals surface area contributed by atoms with Crippen LogP contribution in [-0.4, -0.2) is 26.1 Å². The van der Waals surface area contributed by atoms with Crippen LogP contribution in [0.25, 0.3) is 22.5 Å². The molecule has 0 radical (unpaired) electrons. The minimum absolute atomic E-state index is 0.162. The number of H-pyrrole nitrogens is 1. The number of hydrogen-bond donors (Lipinski definition) is 2. The fourth-order valence-electron chi connectivity index (χ4n) is 2.22. The highest BCUT2D eigenvalue weighted by Gasteiger charge is 2.09. The minimum atomic E-state index is -0.379. The van der Waals surface area contributed by atoms with Gasteiger partial charge in [-0.15, -0.1) is 0 Å². The van der Waals surface area contributed by atoms with Crippen LogP contribution >= 0.6 is 0 Å². The van der Waals surface area contributed by atoms with Gasteiger partial charge in [0.2, 0.25) is 5.91 Å². The molecule has 1 amide bonds. The predicted octanol–water partition coefficient (Wildman–Crippen LogP) is 1.56.